The van der Waals surface area contributed by atoms with Crippen LogP contribution in [0.15, 0.2) is 6.33 Å². The van der Waals surface area contributed by atoms with E-state index in [2.05, 4.69) is 27.5 Å². The molecular weight excluding hydrogens is 228 g/mol. The quantitative estimate of drug-likeness (QED) is 0.718. The summed E-state index contributed by atoms with van der Waals surface area (Å²) in [5, 5.41) is 16.5. The van der Waals surface area contributed by atoms with Gasteiger partial charge in [0.25, 0.3) is 0 Å². The molecular formula is C13H22N4O. The highest BCUT2D eigenvalue weighted by Gasteiger charge is 2.34. The number of aliphatic hydroxyl groups is 1. The molecule has 1 aromatic rings. The van der Waals surface area contributed by atoms with Crippen molar-refractivity contribution >= 4 is 11.6 Å². The Bertz CT molecular complexity index is 404. The third kappa shape index (κ3) is 2.72. The van der Waals surface area contributed by atoms with E-state index in [9.17, 15) is 5.11 Å². The fourth-order valence-electron chi connectivity index (χ4n) is 2.28. The van der Waals surface area contributed by atoms with Crippen molar-refractivity contribution in [2.45, 2.75) is 44.6 Å². The first-order valence-corrected chi connectivity index (χ1v) is 6.66. The minimum atomic E-state index is -0.533. The highest BCUT2D eigenvalue weighted by molar-refractivity contribution is 5.57. The van der Waals surface area contributed by atoms with Gasteiger partial charge in [0.2, 0.25) is 0 Å². The minimum Gasteiger partial charge on any atom is -0.388 e. The molecule has 0 aromatic carbocycles. The normalized spacial score (nSPS) is 17.1. The van der Waals surface area contributed by atoms with Crippen molar-refractivity contribution in [1.82, 2.24) is 9.97 Å². The van der Waals surface area contributed by atoms with Crippen LogP contribution < -0.4 is 10.6 Å². The monoisotopic (exact) mass is 250 g/mol. The fourth-order valence-corrected chi connectivity index (χ4v) is 2.28. The van der Waals surface area contributed by atoms with E-state index in [1.165, 1.54) is 0 Å². The first kappa shape index (κ1) is 13.1. The Hall–Kier alpha value is -1.36. The first-order valence-electron chi connectivity index (χ1n) is 6.66. The van der Waals surface area contributed by atoms with Gasteiger partial charge in [0.05, 0.1) is 5.60 Å². The molecule has 0 aliphatic heterocycles. The van der Waals surface area contributed by atoms with Crippen LogP contribution in [0.4, 0.5) is 11.6 Å². The third-order valence-electron chi connectivity index (χ3n) is 3.55. The predicted octanol–water partition coefficient (Wildman–Crippen LogP) is 1.80. The van der Waals surface area contributed by atoms with Crippen LogP contribution in [0.2, 0.25) is 0 Å². The van der Waals surface area contributed by atoms with Gasteiger partial charge in [-0.05, 0) is 25.7 Å². The average Bonchev–Trinajstić information content (AvgIpc) is 2.35. The molecule has 0 atom stereocenters. The lowest BCUT2D eigenvalue weighted by Crippen LogP contribution is -2.43. The number of anilines is 2. The second kappa shape index (κ2) is 5.52. The van der Waals surface area contributed by atoms with Gasteiger partial charge in [-0.15, -0.1) is 0 Å². The molecule has 1 aliphatic carbocycles. The van der Waals surface area contributed by atoms with Crippen LogP contribution in [0.3, 0.4) is 0 Å². The van der Waals surface area contributed by atoms with Crippen LogP contribution in [0.25, 0.3) is 0 Å². The summed E-state index contributed by atoms with van der Waals surface area (Å²) in [5.41, 5.74) is 0.569. The van der Waals surface area contributed by atoms with Crippen LogP contribution in [-0.4, -0.2) is 34.3 Å². The number of nitrogens with one attached hydrogen (secondary N) is 2. The molecule has 0 bridgehead atoms. The Morgan fingerprint density at radius 3 is 2.61 bits per heavy atom. The van der Waals surface area contributed by atoms with E-state index >= 15 is 0 Å². The smallest absolute Gasteiger partial charge is 0.134 e. The number of hydrogen-bond donors (Lipinski definition) is 3. The molecule has 3 N–H and O–H groups in total. The highest BCUT2D eigenvalue weighted by Crippen LogP contribution is 2.32. The zero-order valence-electron chi connectivity index (χ0n) is 11.2. The van der Waals surface area contributed by atoms with Crippen LogP contribution in [-0.2, 0) is 6.42 Å². The topological polar surface area (TPSA) is 70.1 Å². The molecule has 0 amide bonds. The number of rotatable bonds is 6. The zero-order valence-corrected chi connectivity index (χ0v) is 11.2. The largest absolute Gasteiger partial charge is 0.388 e. The van der Waals surface area contributed by atoms with Gasteiger partial charge in [0.1, 0.15) is 18.0 Å². The van der Waals surface area contributed by atoms with Gasteiger partial charge in [-0.2, -0.15) is 0 Å². The van der Waals surface area contributed by atoms with Crippen molar-refractivity contribution < 1.29 is 5.11 Å². The lowest BCUT2D eigenvalue weighted by Gasteiger charge is -2.36. The third-order valence-corrected chi connectivity index (χ3v) is 3.55. The summed E-state index contributed by atoms with van der Waals surface area (Å²) in [6, 6.07) is 0. The van der Waals surface area contributed by atoms with Crippen molar-refractivity contribution in [3.63, 3.8) is 0 Å². The molecule has 5 nitrogen and oxygen atoms in total. The van der Waals surface area contributed by atoms with Crippen molar-refractivity contribution in [2.75, 3.05) is 24.2 Å². The zero-order chi connectivity index (χ0) is 13.0. The number of hydrogen-bond acceptors (Lipinski definition) is 5. The van der Waals surface area contributed by atoms with Gasteiger partial charge in [0.15, 0.2) is 0 Å². The van der Waals surface area contributed by atoms with E-state index in [-0.39, 0.29) is 0 Å². The molecule has 0 saturated heterocycles. The van der Waals surface area contributed by atoms with Gasteiger partial charge in [0, 0.05) is 19.2 Å². The molecule has 1 aromatic heterocycles. The van der Waals surface area contributed by atoms with Gasteiger partial charge in [-0.3, -0.25) is 0 Å². The summed E-state index contributed by atoms with van der Waals surface area (Å²) in [6.45, 7) is 2.71. The maximum absolute atomic E-state index is 10.1. The molecule has 1 aliphatic rings. The molecule has 1 fully saturated rings. The summed E-state index contributed by atoms with van der Waals surface area (Å²) in [7, 11) is 1.87. The second-order valence-electron chi connectivity index (χ2n) is 4.98. The van der Waals surface area contributed by atoms with E-state index < -0.39 is 5.60 Å². The van der Waals surface area contributed by atoms with E-state index in [1.807, 2.05) is 7.05 Å². The van der Waals surface area contributed by atoms with Gasteiger partial charge in [-0.1, -0.05) is 13.3 Å². The molecule has 1 saturated carbocycles. The second-order valence-corrected chi connectivity index (χ2v) is 4.98. The van der Waals surface area contributed by atoms with Crippen molar-refractivity contribution in [3.05, 3.63) is 11.9 Å². The van der Waals surface area contributed by atoms with Gasteiger partial charge < -0.3 is 15.7 Å². The Morgan fingerprint density at radius 1 is 1.33 bits per heavy atom. The van der Waals surface area contributed by atoms with Crippen LogP contribution in [0.1, 0.15) is 38.2 Å². The Kier molecular flexibility index (Phi) is 4.01. The standard InChI is InChI=1S/C13H22N4O/c1-3-5-10-11(14-2)16-9-17-12(10)15-8-13(18)6-4-7-13/h9,18H,3-8H2,1-2H3,(H2,14,15,16,17). The minimum absolute atomic E-state index is 0.533. The fraction of sp³-hybridized carbons (Fsp3) is 0.692. The Labute approximate surface area is 108 Å². The summed E-state index contributed by atoms with van der Waals surface area (Å²) >= 11 is 0. The van der Waals surface area contributed by atoms with Gasteiger partial charge in [-0.25, -0.2) is 9.97 Å². The van der Waals surface area contributed by atoms with Crippen molar-refractivity contribution in [2.24, 2.45) is 0 Å². The van der Waals surface area contributed by atoms with Gasteiger partial charge >= 0.3 is 0 Å². The highest BCUT2D eigenvalue weighted by atomic mass is 16.3. The maximum atomic E-state index is 10.1. The molecule has 0 radical (unpaired) electrons. The van der Waals surface area contributed by atoms with E-state index in [0.717, 1.165) is 49.3 Å². The van der Waals surface area contributed by atoms with E-state index in [4.69, 9.17) is 0 Å². The van der Waals surface area contributed by atoms with Crippen LogP contribution >= 0.6 is 0 Å². The molecule has 18 heavy (non-hydrogen) atoms. The molecule has 100 valence electrons. The Balaban J connectivity index is 2.10. The maximum Gasteiger partial charge on any atom is 0.134 e. The van der Waals surface area contributed by atoms with E-state index in [0.29, 0.717) is 6.54 Å². The molecule has 2 rings (SSSR count). The summed E-state index contributed by atoms with van der Waals surface area (Å²) < 4.78 is 0. The predicted molar refractivity (Wildman–Crippen MR) is 72.9 cm³/mol. The van der Waals surface area contributed by atoms with Crippen LogP contribution in [0.5, 0.6) is 0 Å². The molecule has 0 spiro atoms. The molecule has 1 heterocycles. The number of nitrogens with zero attached hydrogens (tertiary/aromatic N) is 2. The van der Waals surface area contributed by atoms with E-state index in [1.54, 1.807) is 6.33 Å². The van der Waals surface area contributed by atoms with Crippen molar-refractivity contribution in [3.8, 4) is 0 Å². The summed E-state index contributed by atoms with van der Waals surface area (Å²) in [4.78, 5) is 8.52. The summed E-state index contributed by atoms with van der Waals surface area (Å²) in [6.07, 6.45) is 6.41. The average molecular weight is 250 g/mol. The first-order chi connectivity index (χ1) is 8.68. The molecule has 0 unspecified atom stereocenters. The SMILES string of the molecule is CCCc1c(NC)ncnc1NCC1(O)CCC1. The molecule has 5 heteroatoms. The van der Waals surface area contributed by atoms with Crippen LogP contribution in [0, 0.1) is 0 Å². The number of aromatic nitrogens is 2. The summed E-state index contributed by atoms with van der Waals surface area (Å²) in [5.74, 6) is 1.71. The lowest BCUT2D eigenvalue weighted by atomic mass is 9.80. The lowest BCUT2D eigenvalue weighted by molar-refractivity contribution is -0.0202. The Morgan fingerprint density at radius 2 is 2.06 bits per heavy atom. The van der Waals surface area contributed by atoms with Crippen molar-refractivity contribution in [1.29, 1.82) is 0 Å².